The van der Waals surface area contributed by atoms with Crippen LogP contribution in [0.3, 0.4) is 0 Å². The van der Waals surface area contributed by atoms with Crippen LogP contribution in [0.5, 0.6) is 5.75 Å². The van der Waals surface area contributed by atoms with Crippen molar-refractivity contribution in [3.63, 3.8) is 0 Å². The second-order valence-electron chi connectivity index (χ2n) is 6.17. The average Bonchev–Trinajstić information content (AvgIpc) is 2.60. The summed E-state index contributed by atoms with van der Waals surface area (Å²) in [6.07, 6.45) is -4.82. The van der Waals surface area contributed by atoms with E-state index in [1.54, 1.807) is 18.2 Å². The van der Waals surface area contributed by atoms with Gasteiger partial charge in [0, 0.05) is 19.2 Å². The van der Waals surface area contributed by atoms with Gasteiger partial charge in [0.1, 0.15) is 5.75 Å². The van der Waals surface area contributed by atoms with E-state index in [9.17, 15) is 22.8 Å². The Morgan fingerprint density at radius 3 is 2.36 bits per heavy atom. The first-order valence-electron chi connectivity index (χ1n) is 8.12. The number of nitrogens with zero attached hydrogens (tertiary/aromatic N) is 1. The summed E-state index contributed by atoms with van der Waals surface area (Å²) in [5.41, 5.74) is 5.79. The van der Waals surface area contributed by atoms with Crippen molar-refractivity contribution >= 4 is 12.0 Å². The molecule has 0 unspecified atom stereocenters. The van der Waals surface area contributed by atoms with Crippen LogP contribution in [0.2, 0.25) is 0 Å². The van der Waals surface area contributed by atoms with Crippen molar-refractivity contribution in [1.29, 1.82) is 0 Å². The van der Waals surface area contributed by atoms with Gasteiger partial charge >= 0.3 is 18.2 Å². The zero-order valence-corrected chi connectivity index (χ0v) is 15.2. The van der Waals surface area contributed by atoms with E-state index in [-0.39, 0.29) is 18.5 Å². The third-order valence-electron chi connectivity index (χ3n) is 4.13. The molecule has 150 valence electrons. The molecule has 0 aliphatic rings. The average molecular weight is 396 g/mol. The van der Waals surface area contributed by atoms with Crippen LogP contribution in [0, 0.1) is 0 Å². The summed E-state index contributed by atoms with van der Waals surface area (Å²) in [5, 5.41) is 9.00. The topological polar surface area (TPSA) is 92.9 Å². The Labute approximate surface area is 159 Å². The van der Waals surface area contributed by atoms with E-state index < -0.39 is 23.7 Å². The van der Waals surface area contributed by atoms with Crippen LogP contribution >= 0.6 is 0 Å². The van der Waals surface area contributed by atoms with Gasteiger partial charge in [-0.25, -0.2) is 4.79 Å². The van der Waals surface area contributed by atoms with Crippen molar-refractivity contribution in [2.75, 3.05) is 14.2 Å². The minimum Gasteiger partial charge on any atom is -0.496 e. The van der Waals surface area contributed by atoms with Crippen molar-refractivity contribution in [1.82, 2.24) is 4.90 Å². The molecule has 28 heavy (non-hydrogen) atoms. The first-order valence-corrected chi connectivity index (χ1v) is 8.12. The molecule has 0 bridgehead atoms. The van der Waals surface area contributed by atoms with Crippen molar-refractivity contribution in [3.8, 4) is 16.9 Å². The fourth-order valence-electron chi connectivity index (χ4n) is 2.75. The molecule has 2 aromatic rings. The lowest BCUT2D eigenvalue weighted by atomic mass is 9.94. The first kappa shape index (κ1) is 21.1. The van der Waals surface area contributed by atoms with Crippen LogP contribution in [0.15, 0.2) is 36.4 Å². The fraction of sp³-hybridized carbons (Fsp3) is 0.263. The molecule has 0 aromatic heterocycles. The summed E-state index contributed by atoms with van der Waals surface area (Å²) in [7, 11) is 2.76. The molecular formula is C19H19F3N2O4. The second kappa shape index (κ2) is 8.20. The molecule has 2 aromatic carbocycles. The quantitative estimate of drug-likeness (QED) is 0.781. The zero-order valence-electron chi connectivity index (χ0n) is 15.2. The number of carbonyl (C=O) groups excluding carboxylic acids is 1. The van der Waals surface area contributed by atoms with E-state index in [0.717, 1.165) is 17.0 Å². The highest BCUT2D eigenvalue weighted by atomic mass is 19.4. The van der Waals surface area contributed by atoms with Gasteiger partial charge in [-0.1, -0.05) is 12.1 Å². The van der Waals surface area contributed by atoms with Crippen LogP contribution in [-0.4, -0.2) is 36.2 Å². The predicted molar refractivity (Wildman–Crippen MR) is 95.8 cm³/mol. The molecule has 6 nitrogen and oxygen atoms in total. The molecule has 3 N–H and O–H groups in total. The molecule has 0 spiro atoms. The number of alkyl halides is 3. The minimum absolute atomic E-state index is 0.166. The van der Waals surface area contributed by atoms with Crippen LogP contribution in [0.4, 0.5) is 18.0 Å². The number of benzene rings is 2. The summed E-state index contributed by atoms with van der Waals surface area (Å²) in [6, 6.07) is 7.00. The summed E-state index contributed by atoms with van der Waals surface area (Å²) in [6.45, 7) is -0.166. The molecule has 0 atom stereocenters. The number of methoxy groups -OCH3 is 1. The van der Waals surface area contributed by atoms with Gasteiger partial charge in [-0.3, -0.25) is 4.79 Å². The standard InChI is InChI=1S/C19H19F3N2O4/c1-24(18(23)27)10-12-9-13(19(20,21)22)4-5-14(12)15-7-11(8-17(25)26)3-6-16(15)28-2/h3-7,9H,8,10H2,1-2H3,(H2,23,27)(H,25,26). The van der Waals surface area contributed by atoms with Crippen LogP contribution < -0.4 is 10.5 Å². The number of urea groups is 1. The monoisotopic (exact) mass is 396 g/mol. The Morgan fingerprint density at radius 2 is 1.82 bits per heavy atom. The van der Waals surface area contributed by atoms with Gasteiger partial charge in [0.15, 0.2) is 0 Å². The third kappa shape index (κ3) is 4.93. The van der Waals surface area contributed by atoms with Crippen LogP contribution in [0.25, 0.3) is 11.1 Å². The minimum atomic E-state index is -4.56. The summed E-state index contributed by atoms with van der Waals surface area (Å²) >= 11 is 0. The Kier molecular flexibility index (Phi) is 6.17. The largest absolute Gasteiger partial charge is 0.496 e. The van der Waals surface area contributed by atoms with E-state index in [0.29, 0.717) is 22.4 Å². The SMILES string of the molecule is COc1ccc(CC(=O)O)cc1-c1ccc(C(F)(F)F)cc1CN(C)C(N)=O. The van der Waals surface area contributed by atoms with Gasteiger partial charge in [0.05, 0.1) is 19.1 Å². The Hall–Kier alpha value is -3.23. The molecule has 0 fully saturated rings. The highest BCUT2D eigenvalue weighted by Gasteiger charge is 2.31. The fourth-order valence-corrected chi connectivity index (χ4v) is 2.75. The summed E-state index contributed by atoms with van der Waals surface area (Å²) in [5.74, 6) is -0.686. The Balaban J connectivity index is 2.65. The van der Waals surface area contributed by atoms with Gasteiger partial charge in [-0.05, 0) is 41.0 Å². The molecule has 0 heterocycles. The number of hydrogen-bond acceptors (Lipinski definition) is 3. The second-order valence-corrected chi connectivity index (χ2v) is 6.17. The molecule has 0 saturated heterocycles. The number of carboxylic acids is 1. The maximum atomic E-state index is 13.2. The molecule has 2 amide bonds. The van der Waals surface area contributed by atoms with Gasteiger partial charge in [-0.15, -0.1) is 0 Å². The molecule has 0 saturated carbocycles. The first-order chi connectivity index (χ1) is 13.0. The highest BCUT2D eigenvalue weighted by molar-refractivity contribution is 5.78. The Morgan fingerprint density at radius 1 is 1.14 bits per heavy atom. The molecule has 9 heteroatoms. The van der Waals surface area contributed by atoms with E-state index >= 15 is 0 Å². The van der Waals surface area contributed by atoms with E-state index in [1.807, 2.05) is 0 Å². The molecular weight excluding hydrogens is 377 g/mol. The number of amides is 2. The zero-order chi connectivity index (χ0) is 21.1. The van der Waals surface area contributed by atoms with Crippen molar-refractivity contribution < 1.29 is 32.6 Å². The van der Waals surface area contributed by atoms with Gasteiger partial charge in [-0.2, -0.15) is 13.2 Å². The lowest BCUT2D eigenvalue weighted by Crippen LogP contribution is -2.31. The van der Waals surface area contributed by atoms with E-state index in [1.165, 1.54) is 20.2 Å². The molecule has 0 aliphatic carbocycles. The predicted octanol–water partition coefficient (Wildman–Crippen LogP) is 3.52. The number of hydrogen-bond donors (Lipinski definition) is 2. The lowest BCUT2D eigenvalue weighted by Gasteiger charge is -2.20. The number of carbonyl (C=O) groups is 2. The summed E-state index contributed by atoms with van der Waals surface area (Å²) < 4.78 is 44.8. The maximum absolute atomic E-state index is 13.2. The lowest BCUT2D eigenvalue weighted by molar-refractivity contribution is -0.138. The Bertz CT molecular complexity index is 897. The maximum Gasteiger partial charge on any atom is 0.416 e. The van der Waals surface area contributed by atoms with Crippen molar-refractivity contribution in [2.24, 2.45) is 5.73 Å². The van der Waals surface area contributed by atoms with E-state index in [4.69, 9.17) is 15.6 Å². The van der Waals surface area contributed by atoms with Crippen molar-refractivity contribution in [2.45, 2.75) is 19.1 Å². The number of primary amides is 1. The number of rotatable bonds is 6. The number of aliphatic carboxylic acids is 1. The number of carboxylic acid groups (broad SMARTS) is 1. The smallest absolute Gasteiger partial charge is 0.416 e. The number of ether oxygens (including phenoxy) is 1. The number of halogens is 3. The third-order valence-corrected chi connectivity index (χ3v) is 4.13. The number of nitrogens with two attached hydrogens (primary N) is 1. The normalized spacial score (nSPS) is 11.2. The summed E-state index contributed by atoms with van der Waals surface area (Å²) in [4.78, 5) is 23.4. The van der Waals surface area contributed by atoms with E-state index in [2.05, 4.69) is 0 Å². The van der Waals surface area contributed by atoms with Gasteiger partial charge in [0.25, 0.3) is 0 Å². The van der Waals surface area contributed by atoms with Crippen molar-refractivity contribution in [3.05, 3.63) is 53.1 Å². The highest BCUT2D eigenvalue weighted by Crippen LogP contribution is 2.37. The molecule has 0 radical (unpaired) electrons. The molecule has 2 rings (SSSR count). The van der Waals surface area contributed by atoms with Gasteiger partial charge in [0.2, 0.25) is 0 Å². The molecule has 0 aliphatic heterocycles. The van der Waals surface area contributed by atoms with Gasteiger partial charge < -0.3 is 20.5 Å². The van der Waals surface area contributed by atoms with Crippen LogP contribution in [0.1, 0.15) is 16.7 Å². The van der Waals surface area contributed by atoms with Crippen LogP contribution in [-0.2, 0) is 23.9 Å².